The second-order valence-electron chi connectivity index (χ2n) is 14.9. The summed E-state index contributed by atoms with van der Waals surface area (Å²) in [5, 5.41) is 3.83. The van der Waals surface area contributed by atoms with E-state index in [-0.39, 0.29) is 26.0 Å². The van der Waals surface area contributed by atoms with Gasteiger partial charge < -0.3 is 4.98 Å². The Labute approximate surface area is 323 Å². The summed E-state index contributed by atoms with van der Waals surface area (Å²) < 4.78 is 20.9. The van der Waals surface area contributed by atoms with Crippen molar-refractivity contribution < 1.29 is 22.8 Å². The minimum Gasteiger partial charge on any atom is -0.0625 e. The number of hydrogen-bond acceptors (Lipinski definition) is 3. The molecule has 0 bridgehead atoms. The van der Waals surface area contributed by atoms with Crippen LogP contribution in [-0.2, 0) is 26.5 Å². The molecule has 0 fully saturated rings. The first-order chi connectivity index (χ1) is 24.1. The quantitative estimate of drug-likeness (QED) is 0.118. The molecule has 0 amide bonds. The molecule has 0 atom stereocenters. The van der Waals surface area contributed by atoms with E-state index in [9.17, 15) is 0 Å². The molecular formula is C44H46GeIrN2SSi-2. The Balaban J connectivity index is 0.000000258. The zero-order valence-electron chi connectivity index (χ0n) is 32.2. The Morgan fingerprint density at radius 3 is 2.18 bits per heavy atom. The van der Waals surface area contributed by atoms with Crippen LogP contribution < -0.4 is 9.58 Å². The number of rotatable bonds is 7. The first kappa shape index (κ1) is 35.2. The molecule has 0 aliphatic heterocycles. The Morgan fingerprint density at radius 1 is 0.780 bits per heavy atom. The zero-order valence-corrected chi connectivity index (χ0v) is 36.5. The van der Waals surface area contributed by atoms with Crippen molar-refractivity contribution in [2.45, 2.75) is 57.1 Å². The number of benzene rings is 4. The maximum atomic E-state index is 8.52. The predicted molar refractivity (Wildman–Crippen MR) is 220 cm³/mol. The molecule has 3 aromatic heterocycles. The normalized spacial score (nSPS) is 12.6. The smallest absolute Gasteiger partial charge is 0.0625 e. The van der Waals surface area contributed by atoms with Crippen LogP contribution in [0.15, 0.2) is 116 Å². The van der Waals surface area contributed by atoms with Gasteiger partial charge in [0.15, 0.2) is 0 Å². The van der Waals surface area contributed by atoms with Gasteiger partial charge in [0.2, 0.25) is 0 Å². The van der Waals surface area contributed by atoms with Crippen molar-refractivity contribution in [3.8, 4) is 33.6 Å². The average molecular weight is 930 g/mol. The summed E-state index contributed by atoms with van der Waals surface area (Å²) in [7, 11) is -1.23. The van der Waals surface area contributed by atoms with E-state index in [1.54, 1.807) is 23.6 Å². The molecule has 2 nitrogen and oxygen atoms in total. The summed E-state index contributed by atoms with van der Waals surface area (Å²) in [6, 6.07) is 42.5. The van der Waals surface area contributed by atoms with Crippen molar-refractivity contribution in [3.05, 3.63) is 133 Å². The second kappa shape index (κ2) is 16.0. The Morgan fingerprint density at radius 2 is 1.54 bits per heavy atom. The van der Waals surface area contributed by atoms with Gasteiger partial charge in [0, 0.05) is 35.2 Å². The van der Waals surface area contributed by atoms with Gasteiger partial charge in [0.25, 0.3) is 0 Å². The molecule has 257 valence electrons. The molecule has 0 saturated heterocycles. The van der Waals surface area contributed by atoms with Gasteiger partial charge in [-0.15, -0.1) is 35.9 Å². The van der Waals surface area contributed by atoms with Crippen molar-refractivity contribution in [1.82, 2.24) is 9.97 Å². The van der Waals surface area contributed by atoms with E-state index in [4.69, 9.17) is 2.74 Å². The van der Waals surface area contributed by atoms with Crippen LogP contribution in [0.3, 0.4) is 0 Å². The third kappa shape index (κ3) is 8.99. The first-order valence-corrected chi connectivity index (χ1v) is 28.7. The molecule has 0 N–H and O–H groups in total. The van der Waals surface area contributed by atoms with E-state index in [0.717, 1.165) is 27.2 Å². The summed E-state index contributed by atoms with van der Waals surface area (Å²) >= 11 is -0.0609. The third-order valence-corrected chi connectivity index (χ3v) is 16.2. The molecule has 0 saturated carbocycles. The molecule has 6 heteroatoms. The summed E-state index contributed by atoms with van der Waals surface area (Å²) in [5.74, 6) is 7.15. The number of fused-ring (bicyclic) bond motifs is 3. The zero-order chi connectivity index (χ0) is 36.6. The number of nitrogens with zero attached hydrogens (tertiary/aromatic N) is 2. The summed E-state index contributed by atoms with van der Waals surface area (Å²) in [6.07, 6.45) is 2.32. The van der Waals surface area contributed by atoms with Gasteiger partial charge >= 0.3 is 161 Å². The second-order valence-corrected chi connectivity index (χ2v) is 31.7. The fraction of sp³-hybridized carbons (Fsp3) is 0.227. The van der Waals surface area contributed by atoms with Crippen LogP contribution in [0, 0.1) is 18.1 Å². The Kier molecular flexibility index (Phi) is 11.3. The van der Waals surface area contributed by atoms with Crippen LogP contribution in [0.25, 0.3) is 53.8 Å². The van der Waals surface area contributed by atoms with Crippen LogP contribution in [0.4, 0.5) is 0 Å². The molecule has 50 heavy (non-hydrogen) atoms. The molecule has 0 spiro atoms. The predicted octanol–water partition coefficient (Wildman–Crippen LogP) is 11.4. The molecule has 4 aromatic carbocycles. The van der Waals surface area contributed by atoms with Crippen molar-refractivity contribution in [2.75, 3.05) is 0 Å². The number of thiophene rings is 1. The monoisotopic (exact) mass is 931 g/mol. The van der Waals surface area contributed by atoms with Crippen LogP contribution in [-0.4, -0.2) is 31.3 Å². The third-order valence-electron chi connectivity index (χ3n) is 8.60. The average Bonchev–Trinajstić information content (AvgIpc) is 3.50. The van der Waals surface area contributed by atoms with Crippen molar-refractivity contribution in [1.29, 1.82) is 0 Å². The van der Waals surface area contributed by atoms with Gasteiger partial charge in [-0.25, -0.2) is 0 Å². The minimum atomic E-state index is -1.82. The van der Waals surface area contributed by atoms with Gasteiger partial charge in [-0.3, -0.25) is 0 Å². The van der Waals surface area contributed by atoms with Crippen LogP contribution >= 0.6 is 11.3 Å². The van der Waals surface area contributed by atoms with Gasteiger partial charge in [0.1, 0.15) is 0 Å². The SMILES string of the molecule is C[Si](C)(C)c1ccc(-c2[c-]cccc2)nc1.[2H]C([2H])(c1ccnc(-c2[c-]ccc3c2sc2cc(-c4cc[c]([Ge]([CH3])([CH3])[CH3])cc4)ccc23)c1)C(C)C.[Ir]. The van der Waals surface area contributed by atoms with Crippen LogP contribution in [0.5, 0.6) is 0 Å². The number of aromatic nitrogens is 2. The van der Waals surface area contributed by atoms with Gasteiger partial charge in [0.05, 0.1) is 8.07 Å². The fourth-order valence-electron chi connectivity index (χ4n) is 5.81. The molecule has 0 aliphatic carbocycles. The van der Waals surface area contributed by atoms with E-state index >= 15 is 0 Å². The van der Waals surface area contributed by atoms with E-state index < -0.39 is 27.7 Å². The summed E-state index contributed by atoms with van der Waals surface area (Å²) in [6.45, 7) is 10.8. The van der Waals surface area contributed by atoms with Crippen molar-refractivity contribution >= 4 is 62.4 Å². The molecule has 7 rings (SSSR count). The van der Waals surface area contributed by atoms with Crippen LogP contribution in [0.1, 0.15) is 22.2 Å². The molecule has 3 heterocycles. The van der Waals surface area contributed by atoms with E-state index in [1.165, 1.54) is 36.2 Å². The van der Waals surface area contributed by atoms with E-state index in [1.807, 2.05) is 56.4 Å². The maximum absolute atomic E-state index is 8.52. The van der Waals surface area contributed by atoms with Gasteiger partial charge in [-0.1, -0.05) is 51.2 Å². The first-order valence-electron chi connectivity index (χ1n) is 18.0. The molecule has 0 aliphatic rings. The number of pyridine rings is 2. The van der Waals surface area contributed by atoms with Crippen molar-refractivity contribution in [2.24, 2.45) is 5.92 Å². The van der Waals surface area contributed by atoms with E-state index in [0.29, 0.717) is 5.56 Å². The van der Waals surface area contributed by atoms with Crippen LogP contribution in [0.2, 0.25) is 36.9 Å². The molecule has 0 unspecified atom stereocenters. The topological polar surface area (TPSA) is 25.8 Å². The van der Waals surface area contributed by atoms with Gasteiger partial charge in [-0.2, -0.15) is 0 Å². The molecule has 7 aromatic rings. The molecule has 1 radical (unpaired) electrons. The Bertz CT molecular complexity index is 2280. The summed E-state index contributed by atoms with van der Waals surface area (Å²) in [4.78, 5) is 9.13. The Hall–Kier alpha value is -3.19. The minimum absolute atomic E-state index is 0. The van der Waals surface area contributed by atoms with E-state index in [2.05, 4.69) is 120 Å². The van der Waals surface area contributed by atoms with Gasteiger partial charge in [-0.05, 0) is 29.2 Å². The fourth-order valence-corrected chi connectivity index (χ4v) is 10.5. The molecular weight excluding hydrogens is 881 g/mol. The standard InChI is InChI=1S/C30H30GeNS.C14H16NSi.Ir/c1-20(2)17-21-15-16-32-28(18-21)27-8-6-7-26-25-14-11-23(19-29(25)33-30(26)27)22-9-12-24(13-10-22)31(3,4)5;1-16(2,3)13-9-10-14(15-11-13)12-7-5-4-6-8-12;/h6-7,9-16,18-20H,17H2,1-5H3;4-7,9-11H,1-3H3;/q2*-1;/i17D2;;. The number of hydrogen-bond donors (Lipinski definition) is 0. The summed E-state index contributed by atoms with van der Waals surface area (Å²) in [5.41, 5.74) is 6.91. The van der Waals surface area contributed by atoms with Crippen molar-refractivity contribution in [3.63, 3.8) is 0 Å².